The summed E-state index contributed by atoms with van der Waals surface area (Å²) in [4.78, 5) is 25.4. The van der Waals surface area contributed by atoms with Crippen LogP contribution < -0.4 is 0 Å². The molecule has 2 heterocycles. The lowest BCUT2D eigenvalue weighted by Crippen LogP contribution is -2.40. The second-order valence-corrected chi connectivity index (χ2v) is 6.24. The van der Waals surface area contributed by atoms with Gasteiger partial charge in [0.2, 0.25) is 0 Å². The van der Waals surface area contributed by atoms with Crippen LogP contribution in [0.3, 0.4) is 0 Å². The molecule has 0 fully saturated rings. The van der Waals surface area contributed by atoms with Crippen LogP contribution in [0.25, 0.3) is 22.1 Å². The molecule has 0 bridgehead atoms. The van der Waals surface area contributed by atoms with Crippen LogP contribution in [0.5, 0.6) is 0 Å². The molecule has 0 aliphatic carbocycles. The van der Waals surface area contributed by atoms with Crippen molar-refractivity contribution in [2.75, 3.05) is 0 Å². The van der Waals surface area contributed by atoms with Crippen molar-refractivity contribution in [1.29, 1.82) is 0 Å². The number of hydrogen-bond donors (Lipinski definition) is 1. The second kappa shape index (κ2) is 5.77. The molecule has 5 nitrogen and oxygen atoms in total. The highest BCUT2D eigenvalue weighted by molar-refractivity contribution is 6.01. The third kappa shape index (κ3) is 2.48. The molecule has 5 heteroatoms. The van der Waals surface area contributed by atoms with Crippen molar-refractivity contribution in [2.24, 2.45) is 0 Å². The van der Waals surface area contributed by atoms with Crippen LogP contribution in [0.4, 0.5) is 0 Å². The largest absolute Gasteiger partial charge is 0.480 e. The maximum absolute atomic E-state index is 12.5. The smallest absolute Gasteiger partial charge is 0.326 e. The zero-order chi connectivity index (χ0) is 17.6. The van der Waals surface area contributed by atoms with E-state index < -0.39 is 12.0 Å². The van der Waals surface area contributed by atoms with Crippen molar-refractivity contribution in [3.63, 3.8) is 0 Å². The summed E-state index contributed by atoms with van der Waals surface area (Å²) >= 11 is 0. The molecule has 3 aromatic rings. The monoisotopic (exact) mass is 335 g/mol. The van der Waals surface area contributed by atoms with Crippen molar-refractivity contribution in [3.8, 4) is 11.1 Å². The normalized spacial score (nSPS) is 14.8. The SMILES string of the molecule is CC[C@@H](C(=O)O)N1Cc2cc(-c3ccc4occc4c3)ccc2C1=O. The molecule has 1 aromatic heterocycles. The van der Waals surface area contributed by atoms with E-state index in [1.165, 1.54) is 4.90 Å². The average Bonchev–Trinajstić information content (AvgIpc) is 3.19. The van der Waals surface area contributed by atoms with Gasteiger partial charge in [0.15, 0.2) is 0 Å². The van der Waals surface area contributed by atoms with Crippen molar-refractivity contribution in [2.45, 2.75) is 25.9 Å². The molecule has 1 atom stereocenters. The molecule has 1 aliphatic heterocycles. The Morgan fingerprint density at radius 2 is 1.96 bits per heavy atom. The minimum atomic E-state index is -0.964. The number of aliphatic carboxylic acids is 1. The molecule has 1 amide bonds. The second-order valence-electron chi connectivity index (χ2n) is 6.24. The van der Waals surface area contributed by atoms with Crippen LogP contribution in [-0.4, -0.2) is 27.9 Å². The van der Waals surface area contributed by atoms with Gasteiger partial charge in [-0.3, -0.25) is 4.79 Å². The number of carboxylic acids is 1. The number of fused-ring (bicyclic) bond motifs is 2. The minimum absolute atomic E-state index is 0.207. The van der Waals surface area contributed by atoms with Crippen LogP contribution in [0.15, 0.2) is 53.1 Å². The number of amides is 1. The van der Waals surface area contributed by atoms with Gasteiger partial charge in [-0.2, -0.15) is 0 Å². The number of carboxylic acid groups (broad SMARTS) is 1. The van der Waals surface area contributed by atoms with Crippen molar-refractivity contribution < 1.29 is 19.1 Å². The molecule has 126 valence electrons. The highest BCUT2D eigenvalue weighted by atomic mass is 16.4. The van der Waals surface area contributed by atoms with E-state index in [9.17, 15) is 14.7 Å². The molecule has 25 heavy (non-hydrogen) atoms. The van der Waals surface area contributed by atoms with Gasteiger partial charge in [-0.25, -0.2) is 4.79 Å². The summed E-state index contributed by atoms with van der Waals surface area (Å²) in [6, 6.07) is 12.7. The van der Waals surface area contributed by atoms with Gasteiger partial charge in [0.05, 0.1) is 6.26 Å². The van der Waals surface area contributed by atoms with Gasteiger partial charge in [-0.15, -0.1) is 0 Å². The first-order valence-corrected chi connectivity index (χ1v) is 8.23. The number of benzene rings is 2. The number of carbonyl (C=O) groups excluding carboxylic acids is 1. The summed E-state index contributed by atoms with van der Waals surface area (Å²) < 4.78 is 5.37. The molecule has 0 spiro atoms. The van der Waals surface area contributed by atoms with E-state index in [4.69, 9.17) is 4.42 Å². The van der Waals surface area contributed by atoms with Gasteiger partial charge >= 0.3 is 5.97 Å². The Bertz CT molecular complexity index is 988. The Balaban J connectivity index is 1.70. The first-order chi connectivity index (χ1) is 12.1. The Hall–Kier alpha value is -3.08. The first-order valence-electron chi connectivity index (χ1n) is 8.23. The topological polar surface area (TPSA) is 70.8 Å². The van der Waals surface area contributed by atoms with Crippen LogP contribution in [0, 0.1) is 0 Å². The maximum atomic E-state index is 12.5. The lowest BCUT2D eigenvalue weighted by Gasteiger charge is -2.22. The number of hydrogen-bond acceptors (Lipinski definition) is 3. The number of carbonyl (C=O) groups is 2. The summed E-state index contributed by atoms with van der Waals surface area (Å²) in [6.45, 7) is 2.11. The molecule has 0 unspecified atom stereocenters. The van der Waals surface area contributed by atoms with Gasteiger partial charge in [0, 0.05) is 17.5 Å². The van der Waals surface area contributed by atoms with E-state index in [0.29, 0.717) is 18.5 Å². The average molecular weight is 335 g/mol. The van der Waals surface area contributed by atoms with Gasteiger partial charge in [0.1, 0.15) is 11.6 Å². The number of furan rings is 1. The maximum Gasteiger partial charge on any atom is 0.326 e. The summed E-state index contributed by atoms with van der Waals surface area (Å²) in [6.07, 6.45) is 2.05. The molecule has 4 rings (SSSR count). The quantitative estimate of drug-likeness (QED) is 0.784. The zero-order valence-corrected chi connectivity index (χ0v) is 13.7. The third-order valence-corrected chi connectivity index (χ3v) is 4.77. The fourth-order valence-corrected chi connectivity index (χ4v) is 3.45. The number of rotatable bonds is 4. The van der Waals surface area contributed by atoms with E-state index in [-0.39, 0.29) is 5.91 Å². The first kappa shape index (κ1) is 15.4. The van der Waals surface area contributed by atoms with E-state index in [1.54, 1.807) is 19.3 Å². The molecule has 0 radical (unpaired) electrons. The third-order valence-electron chi connectivity index (χ3n) is 4.77. The Kier molecular flexibility index (Phi) is 3.57. The van der Waals surface area contributed by atoms with Crippen LogP contribution in [-0.2, 0) is 11.3 Å². The van der Waals surface area contributed by atoms with Crippen LogP contribution in [0.1, 0.15) is 29.3 Å². The van der Waals surface area contributed by atoms with Gasteiger partial charge in [-0.1, -0.05) is 19.1 Å². The van der Waals surface area contributed by atoms with Gasteiger partial charge < -0.3 is 14.4 Å². The van der Waals surface area contributed by atoms with E-state index in [1.807, 2.05) is 36.4 Å². The fraction of sp³-hybridized carbons (Fsp3) is 0.200. The van der Waals surface area contributed by atoms with Crippen LogP contribution in [0.2, 0.25) is 0 Å². The summed E-state index contributed by atoms with van der Waals surface area (Å²) in [5, 5.41) is 10.4. The molecule has 0 saturated carbocycles. The molecule has 1 aliphatic rings. The van der Waals surface area contributed by atoms with E-state index in [0.717, 1.165) is 27.7 Å². The van der Waals surface area contributed by atoms with E-state index in [2.05, 4.69) is 0 Å². The molecule has 2 aromatic carbocycles. The molecule has 0 saturated heterocycles. The van der Waals surface area contributed by atoms with Crippen molar-refractivity contribution >= 4 is 22.8 Å². The Morgan fingerprint density at radius 1 is 1.20 bits per heavy atom. The highest BCUT2D eigenvalue weighted by Crippen LogP contribution is 2.31. The van der Waals surface area contributed by atoms with Crippen molar-refractivity contribution in [3.05, 3.63) is 59.9 Å². The molecule has 1 N–H and O–H groups in total. The van der Waals surface area contributed by atoms with Crippen LogP contribution >= 0.6 is 0 Å². The predicted octanol–water partition coefficient (Wildman–Crippen LogP) is 3.92. The fourth-order valence-electron chi connectivity index (χ4n) is 3.45. The molecular formula is C20H17NO4. The Labute approximate surface area is 144 Å². The summed E-state index contributed by atoms with van der Waals surface area (Å²) in [5.74, 6) is -1.17. The highest BCUT2D eigenvalue weighted by Gasteiger charge is 2.35. The van der Waals surface area contributed by atoms with Crippen molar-refractivity contribution in [1.82, 2.24) is 4.90 Å². The summed E-state index contributed by atoms with van der Waals surface area (Å²) in [7, 11) is 0. The predicted molar refractivity (Wildman–Crippen MR) is 93.2 cm³/mol. The Morgan fingerprint density at radius 3 is 2.72 bits per heavy atom. The minimum Gasteiger partial charge on any atom is -0.480 e. The molecular weight excluding hydrogens is 318 g/mol. The zero-order valence-electron chi connectivity index (χ0n) is 13.7. The standard InChI is InChI=1S/C20H17NO4/c1-2-17(20(23)24)21-11-15-10-12(3-5-16(15)19(21)22)13-4-6-18-14(9-13)7-8-25-18/h3-10,17H,2,11H2,1H3,(H,23,24)/t17-/m0/s1. The lowest BCUT2D eigenvalue weighted by molar-refractivity contribution is -0.142. The van der Waals surface area contributed by atoms with E-state index >= 15 is 0 Å². The number of nitrogens with zero attached hydrogens (tertiary/aromatic N) is 1. The lowest BCUT2D eigenvalue weighted by atomic mass is 9.99. The summed E-state index contributed by atoms with van der Waals surface area (Å²) in [5.41, 5.74) is 4.33. The van der Waals surface area contributed by atoms with Gasteiger partial charge in [-0.05, 0) is 53.4 Å². The van der Waals surface area contributed by atoms with Gasteiger partial charge in [0.25, 0.3) is 5.91 Å².